The lowest BCUT2D eigenvalue weighted by molar-refractivity contribution is 0.0921. The molecular weight excluding hydrogens is 354 g/mol. The summed E-state index contributed by atoms with van der Waals surface area (Å²) >= 11 is 0.952. The van der Waals surface area contributed by atoms with Crippen LogP contribution in [0.2, 0.25) is 0 Å². The van der Waals surface area contributed by atoms with Crippen LogP contribution in [-0.4, -0.2) is 29.2 Å². The van der Waals surface area contributed by atoms with Gasteiger partial charge in [0.1, 0.15) is 11.5 Å². The lowest BCUT2D eigenvalue weighted by Gasteiger charge is -2.08. The molecule has 2 aromatic carbocycles. The number of carbonyl (C=O) groups excluding carboxylic acids is 1. The predicted molar refractivity (Wildman–Crippen MR) is 98.6 cm³/mol. The highest BCUT2D eigenvalue weighted by Crippen LogP contribution is 2.17. The Kier molecular flexibility index (Phi) is 5.38. The molecule has 0 radical (unpaired) electrons. The van der Waals surface area contributed by atoms with E-state index in [2.05, 4.69) is 0 Å². The van der Waals surface area contributed by atoms with Crippen LogP contribution < -0.4 is 14.3 Å². The SMILES string of the molecule is COc1cccc(C(=O)COc2ccc(Cn3c(O)csc3=O)cc2)c1. The zero-order chi connectivity index (χ0) is 18.5. The summed E-state index contributed by atoms with van der Waals surface area (Å²) in [5.41, 5.74) is 1.36. The summed E-state index contributed by atoms with van der Waals surface area (Å²) in [7, 11) is 1.55. The van der Waals surface area contributed by atoms with Crippen LogP contribution in [0.15, 0.2) is 58.7 Å². The third-order valence-electron chi connectivity index (χ3n) is 3.79. The van der Waals surface area contributed by atoms with E-state index in [9.17, 15) is 14.7 Å². The average molecular weight is 371 g/mol. The minimum absolute atomic E-state index is 0.0517. The van der Waals surface area contributed by atoms with Crippen molar-refractivity contribution in [2.45, 2.75) is 6.54 Å². The van der Waals surface area contributed by atoms with Crippen LogP contribution in [0.5, 0.6) is 17.4 Å². The van der Waals surface area contributed by atoms with E-state index < -0.39 is 0 Å². The van der Waals surface area contributed by atoms with Gasteiger partial charge in [0.15, 0.2) is 12.4 Å². The maximum Gasteiger partial charge on any atom is 0.310 e. The fraction of sp³-hybridized carbons (Fsp3) is 0.158. The molecule has 1 aromatic heterocycles. The summed E-state index contributed by atoms with van der Waals surface area (Å²) in [6, 6.07) is 13.9. The number of nitrogens with zero attached hydrogens (tertiary/aromatic N) is 1. The molecule has 0 bridgehead atoms. The van der Waals surface area contributed by atoms with Gasteiger partial charge < -0.3 is 14.6 Å². The molecule has 0 aliphatic rings. The maximum absolute atomic E-state index is 12.2. The van der Waals surface area contributed by atoms with Crippen molar-refractivity contribution in [3.05, 3.63) is 74.7 Å². The largest absolute Gasteiger partial charge is 0.497 e. The monoisotopic (exact) mass is 371 g/mol. The van der Waals surface area contributed by atoms with Crippen LogP contribution in [0.1, 0.15) is 15.9 Å². The van der Waals surface area contributed by atoms with E-state index in [0.29, 0.717) is 17.1 Å². The summed E-state index contributed by atoms with van der Waals surface area (Å²) in [5.74, 6) is 0.964. The molecule has 0 spiro atoms. The molecule has 0 aliphatic heterocycles. The first-order chi connectivity index (χ1) is 12.6. The number of methoxy groups -OCH3 is 1. The van der Waals surface area contributed by atoms with Gasteiger partial charge in [0.05, 0.1) is 19.0 Å². The van der Waals surface area contributed by atoms with Gasteiger partial charge in [-0.05, 0) is 29.8 Å². The lowest BCUT2D eigenvalue weighted by Crippen LogP contribution is -2.13. The molecule has 0 unspecified atom stereocenters. The molecule has 0 aliphatic carbocycles. The van der Waals surface area contributed by atoms with Crippen LogP contribution >= 0.6 is 11.3 Å². The summed E-state index contributed by atoms with van der Waals surface area (Å²) < 4.78 is 11.9. The molecule has 0 saturated carbocycles. The third kappa shape index (κ3) is 4.12. The first-order valence-electron chi connectivity index (χ1n) is 7.83. The molecule has 26 heavy (non-hydrogen) atoms. The third-order valence-corrected chi connectivity index (χ3v) is 4.54. The molecule has 0 saturated heterocycles. The van der Waals surface area contributed by atoms with Gasteiger partial charge in [-0.3, -0.25) is 14.2 Å². The van der Waals surface area contributed by atoms with E-state index in [4.69, 9.17) is 9.47 Å². The second-order valence-electron chi connectivity index (χ2n) is 5.53. The minimum atomic E-state index is -0.216. The Bertz CT molecular complexity index is 959. The molecule has 0 fully saturated rings. The number of hydrogen-bond acceptors (Lipinski definition) is 6. The number of ketones is 1. The summed E-state index contributed by atoms with van der Waals surface area (Å²) in [4.78, 5) is 23.6. The molecule has 1 heterocycles. The van der Waals surface area contributed by atoms with E-state index in [-0.39, 0.29) is 29.7 Å². The number of rotatable bonds is 7. The number of benzene rings is 2. The van der Waals surface area contributed by atoms with Crippen LogP contribution in [0.4, 0.5) is 0 Å². The van der Waals surface area contributed by atoms with Gasteiger partial charge in [-0.1, -0.05) is 35.6 Å². The standard InChI is InChI=1S/C19H17NO5S/c1-24-16-4-2-3-14(9-16)17(21)11-25-15-7-5-13(6-8-15)10-20-18(22)12-26-19(20)23/h2-9,12,22H,10-11H2,1H3. The highest BCUT2D eigenvalue weighted by atomic mass is 32.1. The van der Waals surface area contributed by atoms with Gasteiger partial charge in [-0.15, -0.1) is 0 Å². The van der Waals surface area contributed by atoms with Crippen molar-refractivity contribution in [2.75, 3.05) is 13.7 Å². The van der Waals surface area contributed by atoms with E-state index in [1.807, 2.05) is 0 Å². The quantitative estimate of drug-likeness (QED) is 0.646. The fourth-order valence-corrected chi connectivity index (χ4v) is 2.99. The molecular formula is C19H17NO5S. The normalized spacial score (nSPS) is 10.5. The average Bonchev–Trinajstić information content (AvgIpc) is 2.99. The Labute approximate surface area is 153 Å². The summed E-state index contributed by atoms with van der Waals surface area (Å²) in [6.07, 6.45) is 0. The molecule has 6 nitrogen and oxygen atoms in total. The van der Waals surface area contributed by atoms with Crippen molar-refractivity contribution in [3.63, 3.8) is 0 Å². The van der Waals surface area contributed by atoms with Crippen molar-refractivity contribution in [2.24, 2.45) is 0 Å². The van der Waals surface area contributed by atoms with Crippen molar-refractivity contribution in [1.29, 1.82) is 0 Å². The van der Waals surface area contributed by atoms with Crippen LogP contribution in [0.25, 0.3) is 0 Å². The Hall–Kier alpha value is -3.06. The minimum Gasteiger partial charge on any atom is -0.497 e. The van der Waals surface area contributed by atoms with Crippen LogP contribution in [0.3, 0.4) is 0 Å². The van der Waals surface area contributed by atoms with Gasteiger partial charge in [0.25, 0.3) is 0 Å². The second kappa shape index (κ2) is 7.88. The van der Waals surface area contributed by atoms with Gasteiger partial charge in [-0.25, -0.2) is 0 Å². The zero-order valence-corrected chi connectivity index (χ0v) is 14.9. The van der Waals surface area contributed by atoms with E-state index in [1.54, 1.807) is 55.6 Å². The smallest absolute Gasteiger partial charge is 0.310 e. The van der Waals surface area contributed by atoms with Crippen molar-refractivity contribution in [1.82, 2.24) is 4.57 Å². The number of Topliss-reactive ketones (excluding diaryl/α,β-unsaturated/α-hetero) is 1. The zero-order valence-electron chi connectivity index (χ0n) is 14.0. The molecule has 3 aromatic rings. The van der Waals surface area contributed by atoms with Crippen molar-refractivity contribution in [3.8, 4) is 17.4 Å². The number of carbonyl (C=O) groups is 1. The molecule has 0 atom stereocenters. The fourth-order valence-electron chi connectivity index (χ4n) is 2.37. The number of hydrogen-bond donors (Lipinski definition) is 1. The number of ether oxygens (including phenoxy) is 2. The number of aromatic hydroxyl groups is 1. The van der Waals surface area contributed by atoms with E-state index in [1.165, 1.54) is 9.95 Å². The van der Waals surface area contributed by atoms with Gasteiger partial charge in [0, 0.05) is 5.56 Å². The van der Waals surface area contributed by atoms with Crippen molar-refractivity contribution < 1.29 is 19.4 Å². The molecule has 1 N–H and O–H groups in total. The Morgan fingerprint density at radius 2 is 1.92 bits per heavy atom. The van der Waals surface area contributed by atoms with Gasteiger partial charge in [0.2, 0.25) is 5.88 Å². The van der Waals surface area contributed by atoms with Gasteiger partial charge in [-0.2, -0.15) is 0 Å². The van der Waals surface area contributed by atoms with Crippen LogP contribution in [-0.2, 0) is 6.54 Å². The second-order valence-corrected chi connectivity index (χ2v) is 6.35. The highest BCUT2D eigenvalue weighted by Gasteiger charge is 2.09. The lowest BCUT2D eigenvalue weighted by atomic mass is 10.1. The summed E-state index contributed by atoms with van der Waals surface area (Å²) in [5, 5.41) is 11.0. The summed E-state index contributed by atoms with van der Waals surface area (Å²) in [6.45, 7) is 0.189. The Balaban J connectivity index is 1.60. The number of aromatic nitrogens is 1. The van der Waals surface area contributed by atoms with Crippen molar-refractivity contribution >= 4 is 17.1 Å². The Morgan fingerprint density at radius 3 is 2.58 bits per heavy atom. The maximum atomic E-state index is 12.2. The van der Waals surface area contributed by atoms with E-state index in [0.717, 1.165) is 16.9 Å². The number of thiazole rings is 1. The predicted octanol–water partition coefficient (Wildman–Crippen LogP) is 2.93. The molecule has 134 valence electrons. The Morgan fingerprint density at radius 1 is 1.15 bits per heavy atom. The topological polar surface area (TPSA) is 77.8 Å². The molecule has 7 heteroatoms. The molecule has 3 rings (SSSR count). The van der Waals surface area contributed by atoms with E-state index >= 15 is 0 Å². The first kappa shape index (κ1) is 17.8. The molecule has 0 amide bonds. The van der Waals surface area contributed by atoms with Crippen LogP contribution in [0, 0.1) is 0 Å². The first-order valence-corrected chi connectivity index (χ1v) is 8.71. The highest BCUT2D eigenvalue weighted by molar-refractivity contribution is 7.07. The van der Waals surface area contributed by atoms with Gasteiger partial charge >= 0.3 is 4.87 Å².